The predicted octanol–water partition coefficient (Wildman–Crippen LogP) is 2.91. The highest BCUT2D eigenvalue weighted by Crippen LogP contribution is 2.28. The molecule has 0 unspecified atom stereocenters. The molecule has 0 N–H and O–H groups in total. The molecule has 4 rings (SSSR count). The minimum Gasteiger partial charge on any atom is -0.497 e. The third-order valence-electron chi connectivity index (χ3n) is 5.23. The molecule has 3 aromatic rings. The van der Waals surface area contributed by atoms with Crippen LogP contribution in [0, 0.1) is 6.92 Å². The molecule has 136 valence electrons. The van der Waals surface area contributed by atoms with Crippen LogP contribution >= 0.6 is 0 Å². The number of aromatic nitrogens is 3. The molecule has 1 aliphatic rings. The Morgan fingerprint density at radius 1 is 1.31 bits per heavy atom. The van der Waals surface area contributed by atoms with Gasteiger partial charge in [-0.25, -0.2) is 0 Å². The molecule has 0 saturated carbocycles. The zero-order chi connectivity index (χ0) is 18.3. The maximum atomic E-state index is 13.0. The van der Waals surface area contributed by atoms with Gasteiger partial charge in [0, 0.05) is 12.3 Å². The fraction of sp³-hybridized carbons (Fsp3) is 0.400. The van der Waals surface area contributed by atoms with Crippen molar-refractivity contribution in [2.45, 2.75) is 39.0 Å². The molecule has 0 aliphatic carbocycles. The molecule has 2 atom stereocenters. The van der Waals surface area contributed by atoms with Crippen LogP contribution in [0.4, 0.5) is 0 Å². The van der Waals surface area contributed by atoms with E-state index in [1.54, 1.807) is 17.9 Å². The number of methoxy groups -OCH3 is 1. The van der Waals surface area contributed by atoms with Gasteiger partial charge in [-0.1, -0.05) is 12.1 Å². The highest BCUT2D eigenvalue weighted by atomic mass is 16.5. The van der Waals surface area contributed by atoms with Gasteiger partial charge in [0.25, 0.3) is 5.56 Å². The second-order valence-corrected chi connectivity index (χ2v) is 6.85. The van der Waals surface area contributed by atoms with Crippen molar-refractivity contribution in [2.24, 2.45) is 0 Å². The summed E-state index contributed by atoms with van der Waals surface area (Å²) in [6, 6.07) is 10.0. The van der Waals surface area contributed by atoms with Crippen molar-refractivity contribution in [3.8, 4) is 5.75 Å². The molecular formula is C20H23N3O3. The molecule has 26 heavy (non-hydrogen) atoms. The molecule has 2 aromatic heterocycles. The first-order valence-corrected chi connectivity index (χ1v) is 8.90. The van der Waals surface area contributed by atoms with E-state index in [9.17, 15) is 4.79 Å². The van der Waals surface area contributed by atoms with Crippen molar-refractivity contribution < 1.29 is 9.47 Å². The molecule has 0 radical (unpaired) electrons. The predicted molar refractivity (Wildman–Crippen MR) is 99.9 cm³/mol. The number of benzene rings is 1. The van der Waals surface area contributed by atoms with Crippen molar-refractivity contribution >= 4 is 10.9 Å². The van der Waals surface area contributed by atoms with Crippen LogP contribution in [0.1, 0.15) is 30.6 Å². The maximum absolute atomic E-state index is 13.0. The third kappa shape index (κ3) is 2.80. The fourth-order valence-electron chi connectivity index (χ4n) is 3.68. The number of ether oxygens (including phenoxy) is 2. The zero-order valence-corrected chi connectivity index (χ0v) is 15.3. The summed E-state index contributed by atoms with van der Waals surface area (Å²) in [6.45, 7) is 5.29. The molecule has 3 heterocycles. The van der Waals surface area contributed by atoms with Gasteiger partial charge < -0.3 is 14.0 Å². The molecule has 0 spiro atoms. The number of hydrogen-bond donors (Lipinski definition) is 0. The van der Waals surface area contributed by atoms with Crippen molar-refractivity contribution in [3.63, 3.8) is 0 Å². The van der Waals surface area contributed by atoms with E-state index in [1.165, 1.54) is 0 Å². The van der Waals surface area contributed by atoms with Crippen LogP contribution in [0.15, 0.2) is 41.3 Å². The van der Waals surface area contributed by atoms with Crippen LogP contribution < -0.4 is 10.3 Å². The zero-order valence-electron chi connectivity index (χ0n) is 15.3. The molecule has 0 amide bonds. The van der Waals surface area contributed by atoms with Gasteiger partial charge in [0.15, 0.2) is 0 Å². The summed E-state index contributed by atoms with van der Waals surface area (Å²) in [4.78, 5) is 13.0. The standard InChI is InChI=1S/C20H23N3O3/c1-13-10-19-17(11-21-23(19)18-8-9-26-14(18)2)20(24)22(13)12-15-4-6-16(25-3)7-5-15/h4-7,10-11,14,18H,8-9,12H2,1-3H3/t14-,18+/m1/s1. The van der Waals surface area contributed by atoms with E-state index in [0.29, 0.717) is 11.9 Å². The van der Waals surface area contributed by atoms with E-state index in [4.69, 9.17) is 9.47 Å². The first-order valence-electron chi connectivity index (χ1n) is 8.90. The minimum absolute atomic E-state index is 0.00589. The van der Waals surface area contributed by atoms with Crippen LogP contribution in [-0.2, 0) is 11.3 Å². The molecule has 1 saturated heterocycles. The molecule has 6 nitrogen and oxygen atoms in total. The summed E-state index contributed by atoms with van der Waals surface area (Å²) in [5, 5.41) is 5.16. The summed E-state index contributed by atoms with van der Waals surface area (Å²) < 4.78 is 14.6. The molecular weight excluding hydrogens is 330 g/mol. The van der Waals surface area contributed by atoms with Gasteiger partial charge in [-0.2, -0.15) is 5.10 Å². The number of nitrogens with zero attached hydrogens (tertiary/aromatic N) is 3. The van der Waals surface area contributed by atoms with Gasteiger partial charge in [-0.3, -0.25) is 9.48 Å². The van der Waals surface area contributed by atoms with Crippen molar-refractivity contribution in [1.82, 2.24) is 14.3 Å². The highest BCUT2D eigenvalue weighted by molar-refractivity contribution is 5.78. The maximum Gasteiger partial charge on any atom is 0.262 e. The third-order valence-corrected chi connectivity index (χ3v) is 5.23. The SMILES string of the molecule is COc1ccc(Cn2c(C)cc3c(cnn3[C@H]3CCO[C@@H]3C)c2=O)cc1. The van der Waals surface area contributed by atoms with Gasteiger partial charge in [0.1, 0.15) is 5.75 Å². The summed E-state index contributed by atoms with van der Waals surface area (Å²) in [7, 11) is 1.64. The smallest absolute Gasteiger partial charge is 0.262 e. The summed E-state index contributed by atoms with van der Waals surface area (Å²) in [5.41, 5.74) is 2.86. The molecule has 6 heteroatoms. The average Bonchev–Trinajstić information content (AvgIpc) is 3.25. The Balaban J connectivity index is 1.73. The number of rotatable bonds is 4. The summed E-state index contributed by atoms with van der Waals surface area (Å²) in [6.07, 6.45) is 2.72. The summed E-state index contributed by atoms with van der Waals surface area (Å²) in [5.74, 6) is 0.808. The van der Waals surface area contributed by atoms with Crippen molar-refractivity contribution in [3.05, 3.63) is 58.1 Å². The Bertz CT molecular complexity index is 988. The van der Waals surface area contributed by atoms with Crippen LogP contribution in [0.2, 0.25) is 0 Å². The minimum atomic E-state index is -0.00589. The van der Waals surface area contributed by atoms with Crippen LogP contribution in [0.5, 0.6) is 5.75 Å². The molecule has 0 bridgehead atoms. The second kappa shape index (κ2) is 6.61. The van der Waals surface area contributed by atoms with Gasteiger partial charge in [-0.15, -0.1) is 0 Å². The quantitative estimate of drug-likeness (QED) is 0.724. The van der Waals surface area contributed by atoms with Gasteiger partial charge in [0.05, 0.1) is 42.9 Å². The van der Waals surface area contributed by atoms with Gasteiger partial charge in [-0.05, 0) is 44.0 Å². The Labute approximate surface area is 152 Å². The summed E-state index contributed by atoms with van der Waals surface area (Å²) >= 11 is 0. The first kappa shape index (κ1) is 16.8. The number of hydrogen-bond acceptors (Lipinski definition) is 4. The van der Waals surface area contributed by atoms with Crippen LogP contribution in [-0.4, -0.2) is 34.2 Å². The average molecular weight is 353 g/mol. The van der Waals surface area contributed by atoms with Gasteiger partial charge >= 0.3 is 0 Å². The largest absolute Gasteiger partial charge is 0.497 e. The number of fused-ring (bicyclic) bond motifs is 1. The normalized spacial score (nSPS) is 20.0. The van der Waals surface area contributed by atoms with E-state index >= 15 is 0 Å². The Kier molecular flexibility index (Phi) is 4.28. The Hall–Kier alpha value is -2.60. The Morgan fingerprint density at radius 3 is 2.73 bits per heavy atom. The van der Waals surface area contributed by atoms with E-state index in [-0.39, 0.29) is 17.7 Å². The first-order chi connectivity index (χ1) is 12.6. The van der Waals surface area contributed by atoms with E-state index in [2.05, 4.69) is 18.1 Å². The Morgan fingerprint density at radius 2 is 2.08 bits per heavy atom. The van der Waals surface area contributed by atoms with Crippen molar-refractivity contribution in [2.75, 3.05) is 13.7 Å². The van der Waals surface area contributed by atoms with Crippen LogP contribution in [0.3, 0.4) is 0 Å². The van der Waals surface area contributed by atoms with Gasteiger partial charge in [0.2, 0.25) is 0 Å². The van der Waals surface area contributed by atoms with E-state index in [0.717, 1.165) is 35.6 Å². The molecule has 1 aromatic carbocycles. The monoisotopic (exact) mass is 353 g/mol. The molecule has 1 fully saturated rings. The van der Waals surface area contributed by atoms with Crippen LogP contribution in [0.25, 0.3) is 10.9 Å². The fourth-order valence-corrected chi connectivity index (χ4v) is 3.68. The topological polar surface area (TPSA) is 58.3 Å². The second-order valence-electron chi connectivity index (χ2n) is 6.85. The van der Waals surface area contributed by atoms with E-state index < -0.39 is 0 Å². The molecule has 1 aliphatic heterocycles. The number of pyridine rings is 1. The lowest BCUT2D eigenvalue weighted by molar-refractivity contribution is 0.106. The number of aryl methyl sites for hydroxylation is 1. The highest BCUT2D eigenvalue weighted by Gasteiger charge is 2.28. The van der Waals surface area contributed by atoms with E-state index in [1.807, 2.05) is 35.9 Å². The van der Waals surface area contributed by atoms with Crippen molar-refractivity contribution in [1.29, 1.82) is 0 Å². The lowest BCUT2D eigenvalue weighted by Gasteiger charge is -2.17. The lowest BCUT2D eigenvalue weighted by atomic mass is 10.1. The lowest BCUT2D eigenvalue weighted by Crippen LogP contribution is -2.24.